The Balaban J connectivity index is 2.16. The normalized spacial score (nSPS) is 18.8. The fourth-order valence-corrected chi connectivity index (χ4v) is 1.68. The quantitative estimate of drug-likeness (QED) is 0.802. The molecule has 1 aromatic rings. The van der Waals surface area contributed by atoms with E-state index in [1.165, 1.54) is 0 Å². The smallest absolute Gasteiger partial charge is 0.293 e. The summed E-state index contributed by atoms with van der Waals surface area (Å²) in [6.07, 6.45) is 5.54. The number of hydrogen-bond acceptors (Lipinski definition) is 4. The minimum atomic E-state index is -0.0630. The van der Waals surface area contributed by atoms with Gasteiger partial charge in [-0.15, -0.1) is 0 Å². The molecular weight excluding hydrogens is 218 g/mol. The Hall–Kier alpha value is -1.36. The highest BCUT2D eigenvalue weighted by atomic mass is 16.3. The molecule has 0 spiro atoms. The molecular formula is C12H19N3O2. The molecule has 94 valence electrons. The van der Waals surface area contributed by atoms with Gasteiger partial charge in [-0.3, -0.25) is 4.79 Å². The molecule has 0 aromatic carbocycles. The average molecular weight is 237 g/mol. The van der Waals surface area contributed by atoms with Crippen molar-refractivity contribution in [3.05, 3.63) is 22.7 Å². The van der Waals surface area contributed by atoms with Gasteiger partial charge in [-0.1, -0.05) is 6.92 Å². The molecule has 5 heteroatoms. The van der Waals surface area contributed by atoms with E-state index in [4.69, 9.17) is 5.11 Å². The molecule has 2 unspecified atom stereocenters. The molecule has 0 saturated heterocycles. The average Bonchev–Trinajstić information content (AvgIpc) is 3.14. The van der Waals surface area contributed by atoms with E-state index in [0.29, 0.717) is 11.9 Å². The Morgan fingerprint density at radius 3 is 2.88 bits per heavy atom. The van der Waals surface area contributed by atoms with E-state index in [0.717, 1.165) is 12.8 Å². The van der Waals surface area contributed by atoms with Crippen LogP contribution in [0.1, 0.15) is 32.7 Å². The van der Waals surface area contributed by atoms with Crippen LogP contribution >= 0.6 is 0 Å². The third kappa shape index (κ3) is 2.66. The predicted octanol–water partition coefficient (Wildman–Crippen LogP) is 1.01. The molecule has 2 atom stereocenters. The summed E-state index contributed by atoms with van der Waals surface area (Å²) in [5.74, 6) is 0.470. The molecule has 0 radical (unpaired) electrons. The first-order valence-corrected chi connectivity index (χ1v) is 6.08. The zero-order chi connectivity index (χ0) is 12.4. The number of nitrogens with zero attached hydrogens (tertiary/aromatic N) is 2. The van der Waals surface area contributed by atoms with Gasteiger partial charge in [0.15, 0.2) is 5.82 Å². The van der Waals surface area contributed by atoms with E-state index in [-0.39, 0.29) is 24.1 Å². The molecule has 2 N–H and O–H groups in total. The third-order valence-electron chi connectivity index (χ3n) is 3.31. The predicted molar refractivity (Wildman–Crippen MR) is 66.1 cm³/mol. The van der Waals surface area contributed by atoms with Gasteiger partial charge in [-0.05, 0) is 25.7 Å². The molecule has 1 heterocycles. The van der Waals surface area contributed by atoms with Gasteiger partial charge in [0.2, 0.25) is 0 Å². The Morgan fingerprint density at radius 1 is 1.59 bits per heavy atom. The summed E-state index contributed by atoms with van der Waals surface area (Å²) < 4.78 is 1.74. The van der Waals surface area contributed by atoms with Crippen LogP contribution in [0.4, 0.5) is 5.82 Å². The second-order valence-electron chi connectivity index (χ2n) is 4.81. The number of aliphatic hydroxyl groups excluding tert-OH is 1. The Labute approximate surface area is 100 Å². The van der Waals surface area contributed by atoms with Crippen molar-refractivity contribution in [3.63, 3.8) is 0 Å². The lowest BCUT2D eigenvalue weighted by Crippen LogP contribution is -2.32. The Kier molecular flexibility index (Phi) is 3.47. The van der Waals surface area contributed by atoms with Crippen molar-refractivity contribution in [1.82, 2.24) is 9.55 Å². The zero-order valence-electron chi connectivity index (χ0n) is 10.3. The van der Waals surface area contributed by atoms with Crippen LogP contribution in [0.2, 0.25) is 0 Å². The number of hydrogen-bond donors (Lipinski definition) is 2. The van der Waals surface area contributed by atoms with Crippen LogP contribution in [-0.2, 0) is 0 Å². The second kappa shape index (κ2) is 4.87. The maximum absolute atomic E-state index is 12.1. The van der Waals surface area contributed by atoms with Gasteiger partial charge in [0, 0.05) is 31.1 Å². The molecule has 0 amide bonds. The van der Waals surface area contributed by atoms with Gasteiger partial charge in [-0.2, -0.15) is 0 Å². The highest BCUT2D eigenvalue weighted by Crippen LogP contribution is 2.33. The fourth-order valence-electron chi connectivity index (χ4n) is 1.68. The number of rotatable bonds is 5. The Morgan fingerprint density at radius 2 is 2.29 bits per heavy atom. The van der Waals surface area contributed by atoms with E-state index >= 15 is 0 Å². The largest absolute Gasteiger partial charge is 0.396 e. The lowest BCUT2D eigenvalue weighted by Gasteiger charge is -2.19. The first-order valence-electron chi connectivity index (χ1n) is 6.08. The van der Waals surface area contributed by atoms with Crippen LogP contribution in [0.3, 0.4) is 0 Å². The molecule has 1 saturated carbocycles. The molecule has 1 aliphatic carbocycles. The van der Waals surface area contributed by atoms with Gasteiger partial charge in [-0.25, -0.2) is 4.98 Å². The summed E-state index contributed by atoms with van der Waals surface area (Å²) in [6.45, 7) is 3.97. The number of nitrogens with one attached hydrogen (secondary N) is 1. The first kappa shape index (κ1) is 12.1. The number of aromatic nitrogens is 2. The standard InChI is InChI=1S/C12H19N3O2/c1-8(7-16)9(2)14-11-12(17)15(6-5-13-11)10-3-4-10/h5-6,8-10,16H,3-4,7H2,1-2H3,(H,13,14). The zero-order valence-corrected chi connectivity index (χ0v) is 10.3. The SMILES string of the molecule is CC(CO)C(C)Nc1nccn(C2CC2)c1=O. The maximum atomic E-state index is 12.1. The van der Waals surface area contributed by atoms with Crippen molar-refractivity contribution in [2.75, 3.05) is 11.9 Å². The minimum absolute atomic E-state index is 0.0234. The summed E-state index contributed by atoms with van der Waals surface area (Å²) in [5, 5.41) is 12.1. The van der Waals surface area contributed by atoms with E-state index in [2.05, 4.69) is 10.3 Å². The highest BCUT2D eigenvalue weighted by Gasteiger charge is 2.25. The molecule has 5 nitrogen and oxygen atoms in total. The number of anilines is 1. The Bertz CT molecular complexity index is 440. The van der Waals surface area contributed by atoms with Gasteiger partial charge >= 0.3 is 0 Å². The summed E-state index contributed by atoms with van der Waals surface area (Å²) in [4.78, 5) is 16.2. The molecule has 2 rings (SSSR count). The van der Waals surface area contributed by atoms with Crippen molar-refractivity contribution in [1.29, 1.82) is 0 Å². The van der Waals surface area contributed by atoms with Crippen molar-refractivity contribution >= 4 is 5.82 Å². The van der Waals surface area contributed by atoms with E-state index in [1.54, 1.807) is 17.0 Å². The van der Waals surface area contributed by atoms with E-state index in [9.17, 15) is 4.79 Å². The third-order valence-corrected chi connectivity index (χ3v) is 3.31. The summed E-state index contributed by atoms with van der Waals surface area (Å²) >= 11 is 0. The van der Waals surface area contributed by atoms with Crippen molar-refractivity contribution in [2.24, 2.45) is 5.92 Å². The second-order valence-corrected chi connectivity index (χ2v) is 4.81. The van der Waals surface area contributed by atoms with Crippen molar-refractivity contribution in [2.45, 2.75) is 38.8 Å². The van der Waals surface area contributed by atoms with Crippen LogP contribution in [-0.4, -0.2) is 27.3 Å². The van der Waals surface area contributed by atoms with Gasteiger partial charge < -0.3 is 15.0 Å². The van der Waals surface area contributed by atoms with Crippen LogP contribution in [0, 0.1) is 5.92 Å². The fraction of sp³-hybridized carbons (Fsp3) is 0.667. The van der Waals surface area contributed by atoms with Crippen molar-refractivity contribution < 1.29 is 5.11 Å². The number of aliphatic hydroxyl groups is 1. The van der Waals surface area contributed by atoms with Crippen LogP contribution < -0.4 is 10.9 Å². The molecule has 0 aliphatic heterocycles. The molecule has 1 aliphatic rings. The monoisotopic (exact) mass is 237 g/mol. The van der Waals surface area contributed by atoms with Crippen LogP contribution in [0.25, 0.3) is 0 Å². The highest BCUT2D eigenvalue weighted by molar-refractivity contribution is 5.32. The van der Waals surface area contributed by atoms with Crippen molar-refractivity contribution in [3.8, 4) is 0 Å². The van der Waals surface area contributed by atoms with E-state index < -0.39 is 0 Å². The first-order chi connectivity index (χ1) is 8.13. The lowest BCUT2D eigenvalue weighted by molar-refractivity contribution is 0.226. The minimum Gasteiger partial charge on any atom is -0.396 e. The van der Waals surface area contributed by atoms with Gasteiger partial charge in [0.25, 0.3) is 5.56 Å². The molecule has 1 fully saturated rings. The lowest BCUT2D eigenvalue weighted by atomic mass is 10.1. The maximum Gasteiger partial charge on any atom is 0.293 e. The summed E-state index contributed by atoms with van der Waals surface area (Å²) in [6, 6.07) is 0.381. The summed E-state index contributed by atoms with van der Waals surface area (Å²) in [5.41, 5.74) is -0.0630. The molecule has 1 aromatic heterocycles. The van der Waals surface area contributed by atoms with Gasteiger partial charge in [0.05, 0.1) is 0 Å². The topological polar surface area (TPSA) is 67.2 Å². The van der Waals surface area contributed by atoms with Gasteiger partial charge in [0.1, 0.15) is 0 Å². The van der Waals surface area contributed by atoms with Crippen LogP contribution in [0.5, 0.6) is 0 Å². The molecule has 17 heavy (non-hydrogen) atoms. The van der Waals surface area contributed by atoms with E-state index in [1.807, 2.05) is 13.8 Å². The summed E-state index contributed by atoms with van der Waals surface area (Å²) in [7, 11) is 0. The molecule has 0 bridgehead atoms. The van der Waals surface area contributed by atoms with Crippen LogP contribution in [0.15, 0.2) is 17.2 Å².